The summed E-state index contributed by atoms with van der Waals surface area (Å²) >= 11 is 5.74. The van der Waals surface area contributed by atoms with Crippen molar-refractivity contribution in [1.29, 1.82) is 0 Å². The molecule has 0 fully saturated rings. The molecule has 0 bridgehead atoms. The fourth-order valence-electron chi connectivity index (χ4n) is 1.59. The topological polar surface area (TPSA) is 74.5 Å². The van der Waals surface area contributed by atoms with Crippen LogP contribution in [-0.2, 0) is 0 Å². The van der Waals surface area contributed by atoms with E-state index in [2.05, 4.69) is 4.98 Å². The van der Waals surface area contributed by atoms with Gasteiger partial charge in [0.1, 0.15) is 0 Å². The summed E-state index contributed by atoms with van der Waals surface area (Å²) in [4.78, 5) is 14.2. The number of hydrogen-bond donors (Lipinski definition) is 0. The second-order valence-corrected chi connectivity index (χ2v) is 3.81. The maximum absolute atomic E-state index is 10.8. The maximum atomic E-state index is 10.8. The van der Waals surface area contributed by atoms with Gasteiger partial charge in [0.25, 0.3) is 0 Å². The molecule has 0 spiro atoms. The molecule has 1 aromatic carbocycles. The number of ether oxygens (including phenoxy) is 2. The molecule has 2 aromatic rings. The van der Waals surface area contributed by atoms with E-state index in [4.69, 9.17) is 21.1 Å². The van der Waals surface area contributed by atoms with Crippen molar-refractivity contribution in [2.45, 2.75) is 0 Å². The van der Waals surface area contributed by atoms with Gasteiger partial charge in [-0.25, -0.2) is 4.98 Å². The third-order valence-electron chi connectivity index (χ3n) is 2.45. The van der Waals surface area contributed by atoms with Gasteiger partial charge >= 0.3 is 5.69 Å². The lowest BCUT2D eigenvalue weighted by Gasteiger charge is -2.08. The summed E-state index contributed by atoms with van der Waals surface area (Å²) in [6, 6.07) is 4.58. The van der Waals surface area contributed by atoms with Gasteiger partial charge in [0, 0.05) is 17.5 Å². The zero-order valence-electron chi connectivity index (χ0n) is 9.64. The minimum atomic E-state index is -0.578. The molecule has 7 heteroatoms. The Kier molecular flexibility index (Phi) is 3.20. The molecule has 0 saturated heterocycles. The van der Waals surface area contributed by atoms with Crippen LogP contribution in [0.1, 0.15) is 0 Å². The molecule has 0 N–H and O–H groups in total. The largest absolute Gasteiger partial charge is 0.493 e. The highest BCUT2D eigenvalue weighted by Crippen LogP contribution is 2.34. The van der Waals surface area contributed by atoms with E-state index < -0.39 is 4.92 Å². The van der Waals surface area contributed by atoms with Crippen LogP contribution < -0.4 is 9.47 Å². The number of halogens is 1. The quantitative estimate of drug-likeness (QED) is 0.486. The third-order valence-corrected chi connectivity index (χ3v) is 2.73. The molecule has 0 amide bonds. The molecule has 0 aliphatic heterocycles. The van der Waals surface area contributed by atoms with E-state index >= 15 is 0 Å². The highest BCUT2D eigenvalue weighted by atomic mass is 35.5. The first kappa shape index (κ1) is 12.4. The van der Waals surface area contributed by atoms with E-state index in [0.717, 1.165) is 0 Å². The predicted molar refractivity (Wildman–Crippen MR) is 66.5 cm³/mol. The normalized spacial score (nSPS) is 10.4. The first-order valence-electron chi connectivity index (χ1n) is 4.93. The van der Waals surface area contributed by atoms with Gasteiger partial charge in [-0.2, -0.15) is 0 Å². The summed E-state index contributed by atoms with van der Waals surface area (Å²) in [6.07, 6.45) is 0. The molecule has 0 saturated carbocycles. The smallest absolute Gasteiger partial charge is 0.307 e. The molecular weight excluding hydrogens is 260 g/mol. The Morgan fingerprint density at radius 1 is 1.22 bits per heavy atom. The number of benzene rings is 1. The Balaban J connectivity index is 2.73. The highest BCUT2D eigenvalue weighted by Gasteiger charge is 2.16. The van der Waals surface area contributed by atoms with E-state index in [-0.39, 0.29) is 10.8 Å². The van der Waals surface area contributed by atoms with Gasteiger partial charge < -0.3 is 9.47 Å². The Morgan fingerprint density at radius 2 is 1.83 bits per heavy atom. The molecule has 0 unspecified atom stereocenters. The Bertz CT molecular complexity index is 630. The van der Waals surface area contributed by atoms with Crippen LogP contribution in [0.4, 0.5) is 5.69 Å². The first-order chi connectivity index (χ1) is 8.56. The molecule has 6 nitrogen and oxygen atoms in total. The third kappa shape index (κ3) is 2.02. The van der Waals surface area contributed by atoms with Crippen LogP contribution in [0.2, 0.25) is 5.15 Å². The Hall–Kier alpha value is -2.08. The summed E-state index contributed by atoms with van der Waals surface area (Å²) in [5.41, 5.74) is 0.264. The van der Waals surface area contributed by atoms with E-state index in [1.165, 1.54) is 20.3 Å². The number of methoxy groups -OCH3 is 2. The molecule has 1 aromatic heterocycles. The van der Waals surface area contributed by atoms with E-state index in [1.54, 1.807) is 12.1 Å². The maximum Gasteiger partial charge on any atom is 0.307 e. The summed E-state index contributed by atoms with van der Waals surface area (Å²) in [7, 11) is 2.98. The average molecular weight is 269 g/mol. The van der Waals surface area contributed by atoms with E-state index in [9.17, 15) is 10.1 Å². The van der Waals surface area contributed by atoms with Crippen molar-refractivity contribution in [2.24, 2.45) is 0 Å². The standard InChI is InChI=1S/C11H9ClN2O4/c1-17-9-4-6-3-8(14(15)16)11(12)13-7(6)5-10(9)18-2/h3-5H,1-2H3. The van der Waals surface area contributed by atoms with Crippen molar-refractivity contribution in [3.63, 3.8) is 0 Å². The van der Waals surface area contributed by atoms with Gasteiger partial charge in [-0.15, -0.1) is 0 Å². The Morgan fingerprint density at radius 3 is 2.39 bits per heavy atom. The van der Waals surface area contributed by atoms with Crippen LogP contribution in [-0.4, -0.2) is 24.1 Å². The SMILES string of the molecule is COc1cc2cc([N+](=O)[O-])c(Cl)nc2cc1OC. The van der Waals surface area contributed by atoms with Crippen molar-refractivity contribution in [2.75, 3.05) is 14.2 Å². The molecule has 0 radical (unpaired) electrons. The van der Waals surface area contributed by atoms with E-state index in [0.29, 0.717) is 22.4 Å². The monoisotopic (exact) mass is 268 g/mol. The lowest BCUT2D eigenvalue weighted by atomic mass is 10.2. The van der Waals surface area contributed by atoms with Gasteiger partial charge in [0.15, 0.2) is 11.5 Å². The zero-order chi connectivity index (χ0) is 13.3. The first-order valence-corrected chi connectivity index (χ1v) is 5.31. The number of nitrogens with zero attached hydrogens (tertiary/aromatic N) is 2. The predicted octanol–water partition coefficient (Wildman–Crippen LogP) is 2.81. The molecule has 1 heterocycles. The van der Waals surface area contributed by atoms with Crippen molar-refractivity contribution in [3.8, 4) is 11.5 Å². The van der Waals surface area contributed by atoms with Crippen LogP contribution >= 0.6 is 11.6 Å². The van der Waals surface area contributed by atoms with Crippen LogP contribution in [0.3, 0.4) is 0 Å². The summed E-state index contributed by atoms with van der Waals surface area (Å²) in [5.74, 6) is 0.964. The van der Waals surface area contributed by atoms with Gasteiger partial charge in [0.2, 0.25) is 5.15 Å². The van der Waals surface area contributed by atoms with Gasteiger partial charge in [-0.1, -0.05) is 11.6 Å². The lowest BCUT2D eigenvalue weighted by Crippen LogP contribution is -1.94. The van der Waals surface area contributed by atoms with Crippen molar-refractivity contribution >= 4 is 28.2 Å². The molecule has 18 heavy (non-hydrogen) atoms. The number of aromatic nitrogens is 1. The number of rotatable bonds is 3. The van der Waals surface area contributed by atoms with Crippen molar-refractivity contribution in [3.05, 3.63) is 33.5 Å². The van der Waals surface area contributed by atoms with Crippen LogP contribution in [0.25, 0.3) is 10.9 Å². The highest BCUT2D eigenvalue weighted by molar-refractivity contribution is 6.31. The lowest BCUT2D eigenvalue weighted by molar-refractivity contribution is -0.384. The minimum Gasteiger partial charge on any atom is -0.493 e. The average Bonchev–Trinajstić information content (AvgIpc) is 2.36. The van der Waals surface area contributed by atoms with Gasteiger partial charge in [-0.05, 0) is 6.07 Å². The molecule has 2 rings (SSSR count). The molecule has 0 aliphatic carbocycles. The van der Waals surface area contributed by atoms with Crippen molar-refractivity contribution < 1.29 is 14.4 Å². The summed E-state index contributed by atoms with van der Waals surface area (Å²) < 4.78 is 10.2. The fraction of sp³-hybridized carbons (Fsp3) is 0.182. The fourth-order valence-corrected chi connectivity index (χ4v) is 1.81. The Labute approximate surface area is 107 Å². The van der Waals surface area contributed by atoms with Gasteiger partial charge in [-0.3, -0.25) is 10.1 Å². The number of nitro groups is 1. The molecule has 0 atom stereocenters. The second-order valence-electron chi connectivity index (χ2n) is 3.46. The molecule has 94 valence electrons. The number of pyridine rings is 1. The van der Waals surface area contributed by atoms with Crippen LogP contribution in [0.15, 0.2) is 18.2 Å². The number of hydrogen-bond acceptors (Lipinski definition) is 5. The molecular formula is C11H9ClN2O4. The summed E-state index contributed by atoms with van der Waals surface area (Å²) in [6.45, 7) is 0. The zero-order valence-corrected chi connectivity index (χ0v) is 10.4. The summed E-state index contributed by atoms with van der Waals surface area (Å²) in [5, 5.41) is 11.2. The van der Waals surface area contributed by atoms with E-state index in [1.807, 2.05) is 0 Å². The van der Waals surface area contributed by atoms with Crippen LogP contribution in [0, 0.1) is 10.1 Å². The van der Waals surface area contributed by atoms with Crippen molar-refractivity contribution in [1.82, 2.24) is 4.98 Å². The second kappa shape index (κ2) is 4.66. The molecule has 0 aliphatic rings. The minimum absolute atomic E-state index is 0.153. The van der Waals surface area contributed by atoms with Crippen LogP contribution in [0.5, 0.6) is 11.5 Å². The number of fused-ring (bicyclic) bond motifs is 1. The van der Waals surface area contributed by atoms with Gasteiger partial charge in [0.05, 0.1) is 24.7 Å².